The second-order valence-electron chi connectivity index (χ2n) is 15.5. The molecule has 0 spiro atoms. The smallest absolute Gasteiger partial charge is 0.305 e. The second kappa shape index (κ2) is 33.4. The average molecular weight is 669 g/mol. The van der Waals surface area contributed by atoms with Gasteiger partial charge in [-0.25, -0.2) is 0 Å². The third kappa shape index (κ3) is 31.9. The zero-order valence-electron chi connectivity index (χ0n) is 31.8. The molecule has 0 aromatic heterocycles. The van der Waals surface area contributed by atoms with E-state index in [-0.39, 0.29) is 25.2 Å². The third-order valence-corrected chi connectivity index (χ3v) is 9.57. The summed E-state index contributed by atoms with van der Waals surface area (Å²) in [6, 6.07) is 0. The maximum absolute atomic E-state index is 12.3. The van der Waals surface area contributed by atoms with Crippen LogP contribution in [0.3, 0.4) is 0 Å². The number of unbranched alkanes of at least 4 members (excludes halogenated alkanes) is 22. The Balaban J connectivity index is 3.74. The molecule has 0 unspecified atom stereocenters. The van der Waals surface area contributed by atoms with Crippen LogP contribution >= 0.6 is 0 Å². The number of rotatable bonds is 36. The predicted molar refractivity (Wildman–Crippen MR) is 197 cm³/mol. The van der Waals surface area contributed by atoms with E-state index < -0.39 is 18.6 Å². The van der Waals surface area contributed by atoms with Gasteiger partial charge in [-0.3, -0.25) is 9.59 Å². The molecule has 0 bridgehead atoms. The topological polar surface area (TPSA) is 93.1 Å². The Morgan fingerprint density at radius 1 is 0.426 bits per heavy atom. The summed E-state index contributed by atoms with van der Waals surface area (Å²) < 4.78 is 10.8. The Kier molecular flexibility index (Phi) is 32.6. The lowest BCUT2D eigenvalue weighted by Crippen LogP contribution is -2.41. The van der Waals surface area contributed by atoms with Crippen LogP contribution < -0.4 is 0 Å². The molecule has 280 valence electrons. The first-order valence-corrected chi connectivity index (χ1v) is 20.3. The van der Waals surface area contributed by atoms with E-state index >= 15 is 0 Å². The van der Waals surface area contributed by atoms with Crippen LogP contribution in [0.1, 0.15) is 207 Å². The highest BCUT2D eigenvalue weighted by Crippen LogP contribution is 2.20. The van der Waals surface area contributed by atoms with Gasteiger partial charge in [-0.15, -0.1) is 0 Å². The van der Waals surface area contributed by atoms with E-state index in [2.05, 4.69) is 27.7 Å². The summed E-state index contributed by atoms with van der Waals surface area (Å²) in [6.45, 7) is 8.07. The van der Waals surface area contributed by atoms with Crippen LogP contribution in [0.4, 0.5) is 0 Å². The van der Waals surface area contributed by atoms with E-state index in [4.69, 9.17) is 9.47 Å². The van der Waals surface area contributed by atoms with Crippen molar-refractivity contribution < 1.29 is 29.3 Å². The van der Waals surface area contributed by atoms with Crippen molar-refractivity contribution in [3.63, 3.8) is 0 Å². The summed E-state index contributed by atoms with van der Waals surface area (Å²) in [4.78, 5) is 24.5. The monoisotopic (exact) mass is 669 g/mol. The Morgan fingerprint density at radius 3 is 0.894 bits per heavy atom. The molecule has 0 fully saturated rings. The molecule has 0 aromatic carbocycles. The van der Waals surface area contributed by atoms with Gasteiger partial charge in [0.25, 0.3) is 0 Å². The molecule has 0 aliphatic carbocycles. The normalized spacial score (nSPS) is 11.9. The average Bonchev–Trinajstić information content (AvgIpc) is 3.05. The van der Waals surface area contributed by atoms with Crippen molar-refractivity contribution in [3.05, 3.63) is 0 Å². The Bertz CT molecular complexity index is 633. The first-order valence-electron chi connectivity index (χ1n) is 20.3. The molecule has 6 nitrogen and oxygen atoms in total. The molecule has 6 heteroatoms. The van der Waals surface area contributed by atoms with E-state index in [1.54, 1.807) is 0 Å². The van der Waals surface area contributed by atoms with Crippen LogP contribution in [0, 0.1) is 17.3 Å². The SMILES string of the molecule is CC(C)CCCCCCCCCCCCCCC(=O)OCC(CO)(CO)COC(=O)CCCCCCCCCCCCCCC(C)C. The van der Waals surface area contributed by atoms with Crippen molar-refractivity contribution in [1.29, 1.82) is 0 Å². The van der Waals surface area contributed by atoms with Gasteiger partial charge >= 0.3 is 11.9 Å². The number of aliphatic hydroxyl groups excluding tert-OH is 2. The highest BCUT2D eigenvalue weighted by molar-refractivity contribution is 5.69. The summed E-state index contributed by atoms with van der Waals surface area (Å²) in [5, 5.41) is 19.8. The molecule has 0 rings (SSSR count). The lowest BCUT2D eigenvalue weighted by molar-refractivity contribution is -0.159. The fourth-order valence-corrected chi connectivity index (χ4v) is 6.07. The fraction of sp³-hybridized carbons (Fsp3) is 0.951. The predicted octanol–water partition coefficient (Wildman–Crippen LogP) is 11.3. The summed E-state index contributed by atoms with van der Waals surface area (Å²) in [5.74, 6) is 1.01. The maximum atomic E-state index is 12.3. The lowest BCUT2D eigenvalue weighted by atomic mass is 9.92. The molecule has 47 heavy (non-hydrogen) atoms. The molecular formula is C41H80O6. The van der Waals surface area contributed by atoms with Crippen LogP contribution in [0.15, 0.2) is 0 Å². The summed E-state index contributed by atoms with van der Waals surface area (Å²) >= 11 is 0. The van der Waals surface area contributed by atoms with E-state index in [0.717, 1.165) is 50.4 Å². The molecule has 0 aromatic rings. The van der Waals surface area contributed by atoms with Crippen molar-refractivity contribution in [1.82, 2.24) is 0 Å². The number of esters is 2. The zero-order valence-corrected chi connectivity index (χ0v) is 31.8. The first kappa shape index (κ1) is 45.9. The molecule has 0 amide bonds. The second-order valence-corrected chi connectivity index (χ2v) is 15.5. The van der Waals surface area contributed by atoms with E-state index in [1.807, 2.05) is 0 Å². The number of hydrogen-bond donors (Lipinski definition) is 2. The minimum absolute atomic E-state index is 0.151. The van der Waals surface area contributed by atoms with Gasteiger partial charge in [-0.1, -0.05) is 182 Å². The molecule has 0 aliphatic rings. The Morgan fingerprint density at radius 2 is 0.660 bits per heavy atom. The molecule has 0 saturated carbocycles. The molecule has 0 saturated heterocycles. The molecule has 0 aliphatic heterocycles. The van der Waals surface area contributed by atoms with Gasteiger partial charge < -0.3 is 19.7 Å². The van der Waals surface area contributed by atoms with Gasteiger partial charge in [0.15, 0.2) is 0 Å². The van der Waals surface area contributed by atoms with Crippen molar-refractivity contribution >= 4 is 11.9 Å². The zero-order chi connectivity index (χ0) is 34.9. The molecule has 0 radical (unpaired) electrons. The quantitative estimate of drug-likeness (QED) is 0.0510. The minimum atomic E-state index is -1.16. The van der Waals surface area contributed by atoms with Gasteiger partial charge in [0.05, 0.1) is 18.6 Å². The largest absolute Gasteiger partial charge is 0.465 e. The molecular weight excluding hydrogens is 588 g/mol. The Labute approximate surface area is 291 Å². The van der Waals surface area contributed by atoms with Gasteiger partial charge in [-0.2, -0.15) is 0 Å². The number of aliphatic hydroxyl groups is 2. The number of carbonyl (C=O) groups excluding carboxylic acids is 2. The van der Waals surface area contributed by atoms with Gasteiger partial charge in [-0.05, 0) is 24.7 Å². The summed E-state index contributed by atoms with van der Waals surface area (Å²) in [5.41, 5.74) is -1.16. The fourth-order valence-electron chi connectivity index (χ4n) is 6.07. The van der Waals surface area contributed by atoms with Crippen molar-refractivity contribution in [2.24, 2.45) is 17.3 Å². The highest BCUT2D eigenvalue weighted by Gasteiger charge is 2.33. The van der Waals surface area contributed by atoms with Crippen LogP contribution in [0.25, 0.3) is 0 Å². The molecule has 0 heterocycles. The maximum Gasteiger partial charge on any atom is 0.305 e. The van der Waals surface area contributed by atoms with Gasteiger partial charge in [0.2, 0.25) is 0 Å². The first-order chi connectivity index (χ1) is 22.7. The summed E-state index contributed by atoms with van der Waals surface area (Å²) in [6.07, 6.45) is 33.2. The molecule has 0 atom stereocenters. The van der Waals surface area contributed by atoms with E-state index in [9.17, 15) is 19.8 Å². The minimum Gasteiger partial charge on any atom is -0.465 e. The number of carbonyl (C=O) groups is 2. The standard InChI is InChI=1S/C41H80O6/c1-37(2)29-25-21-17-13-9-5-7-11-15-19-23-27-31-39(44)46-35-41(33-42,34-43)36-47-40(45)32-28-24-20-16-12-8-6-10-14-18-22-26-30-38(3)4/h37-38,42-43H,5-36H2,1-4H3. The van der Waals surface area contributed by atoms with E-state index in [0.29, 0.717) is 12.8 Å². The van der Waals surface area contributed by atoms with Crippen molar-refractivity contribution in [2.45, 2.75) is 207 Å². The van der Waals surface area contributed by atoms with Crippen LogP contribution in [0.5, 0.6) is 0 Å². The van der Waals surface area contributed by atoms with Crippen LogP contribution in [-0.2, 0) is 19.1 Å². The van der Waals surface area contributed by atoms with Gasteiger partial charge in [0, 0.05) is 12.8 Å². The van der Waals surface area contributed by atoms with Crippen LogP contribution in [-0.4, -0.2) is 48.6 Å². The van der Waals surface area contributed by atoms with Crippen molar-refractivity contribution in [3.8, 4) is 0 Å². The van der Waals surface area contributed by atoms with E-state index in [1.165, 1.54) is 128 Å². The highest BCUT2D eigenvalue weighted by atomic mass is 16.5. The lowest BCUT2D eigenvalue weighted by Gasteiger charge is -2.28. The number of ether oxygens (including phenoxy) is 2. The van der Waals surface area contributed by atoms with Gasteiger partial charge in [0.1, 0.15) is 13.2 Å². The van der Waals surface area contributed by atoms with Crippen LogP contribution in [0.2, 0.25) is 0 Å². The summed E-state index contributed by atoms with van der Waals surface area (Å²) in [7, 11) is 0. The Hall–Kier alpha value is -1.14. The molecule has 2 N–H and O–H groups in total. The van der Waals surface area contributed by atoms with Crippen molar-refractivity contribution in [2.75, 3.05) is 26.4 Å². The third-order valence-electron chi connectivity index (χ3n) is 9.57. The number of hydrogen-bond acceptors (Lipinski definition) is 6.